The summed E-state index contributed by atoms with van der Waals surface area (Å²) >= 11 is 5.93. The van der Waals surface area contributed by atoms with Crippen molar-refractivity contribution in [2.45, 2.75) is 19.8 Å². The molecule has 106 valence electrons. The van der Waals surface area contributed by atoms with Crippen molar-refractivity contribution >= 4 is 23.1 Å². The molecule has 1 aromatic heterocycles. The maximum absolute atomic E-state index is 12.6. The second-order valence-electron chi connectivity index (χ2n) is 5.07. The average Bonchev–Trinajstić information content (AvgIpc) is 2.55. The largest absolute Gasteiger partial charge is 0.288 e. The lowest BCUT2D eigenvalue weighted by Crippen LogP contribution is -2.08. The molecule has 3 rings (SSSR count). The molecule has 1 aliphatic carbocycles. The van der Waals surface area contributed by atoms with Gasteiger partial charge in [-0.15, -0.1) is 0 Å². The number of carbonyl (C=O) groups is 1. The maximum Gasteiger partial charge on any atom is 0.288 e. The van der Waals surface area contributed by atoms with E-state index < -0.39 is 4.92 Å². The molecular formula is C15H11ClN2O3. The third-order valence-electron chi connectivity index (χ3n) is 3.60. The molecule has 0 aliphatic heterocycles. The number of nitro benzene ring substituents is 1. The number of aryl methyl sites for hydroxylation is 3. The molecule has 0 bridgehead atoms. The van der Waals surface area contributed by atoms with Crippen LogP contribution in [0.1, 0.15) is 32.7 Å². The minimum Gasteiger partial charge on any atom is -0.287 e. The molecule has 0 N–H and O–H groups in total. The van der Waals surface area contributed by atoms with Crippen LogP contribution < -0.4 is 0 Å². The summed E-state index contributed by atoms with van der Waals surface area (Å²) in [5.74, 6) is -0.280. The number of rotatable bonds is 1. The second-order valence-corrected chi connectivity index (χ2v) is 5.47. The quantitative estimate of drug-likeness (QED) is 0.598. The molecule has 1 aliphatic rings. The number of nitrogens with zero attached hydrogens (tertiary/aromatic N) is 2. The molecule has 0 spiro atoms. The predicted octanol–water partition coefficient (Wildman–Crippen LogP) is 3.28. The first-order chi connectivity index (χ1) is 9.97. The van der Waals surface area contributed by atoms with Gasteiger partial charge in [-0.05, 0) is 42.5 Å². The number of pyridine rings is 1. The molecule has 6 heteroatoms. The van der Waals surface area contributed by atoms with E-state index in [1.165, 1.54) is 12.1 Å². The second kappa shape index (κ2) is 4.93. The Bertz CT molecular complexity index is 787. The highest BCUT2D eigenvalue weighted by Crippen LogP contribution is 2.32. The zero-order chi connectivity index (χ0) is 15.1. The number of ketones is 1. The van der Waals surface area contributed by atoms with Crippen molar-refractivity contribution in [1.29, 1.82) is 0 Å². The van der Waals surface area contributed by atoms with E-state index in [2.05, 4.69) is 4.98 Å². The molecule has 1 heterocycles. The summed E-state index contributed by atoms with van der Waals surface area (Å²) in [6.07, 6.45) is 2.90. The van der Waals surface area contributed by atoms with Crippen LogP contribution in [0.15, 0.2) is 24.4 Å². The van der Waals surface area contributed by atoms with Crippen LogP contribution in [0.2, 0.25) is 5.02 Å². The fraction of sp³-hybridized carbons (Fsp3) is 0.200. The van der Waals surface area contributed by atoms with Crippen molar-refractivity contribution < 1.29 is 9.72 Å². The van der Waals surface area contributed by atoms with Gasteiger partial charge in [-0.1, -0.05) is 17.7 Å². The smallest absolute Gasteiger partial charge is 0.287 e. The van der Waals surface area contributed by atoms with Crippen molar-refractivity contribution in [2.75, 3.05) is 0 Å². The van der Waals surface area contributed by atoms with Crippen molar-refractivity contribution in [2.24, 2.45) is 0 Å². The lowest BCUT2D eigenvalue weighted by atomic mass is 10.0. The molecule has 2 aromatic rings. The van der Waals surface area contributed by atoms with Gasteiger partial charge >= 0.3 is 0 Å². The van der Waals surface area contributed by atoms with Gasteiger partial charge in [0.15, 0.2) is 0 Å². The Labute approximate surface area is 125 Å². The molecule has 0 amide bonds. The SMILES string of the molecule is Cc1cnc2c(c1)CCc1cc(Cl)c([N+](=O)[O-])cc1C2=O. The third kappa shape index (κ3) is 2.29. The lowest BCUT2D eigenvalue weighted by molar-refractivity contribution is -0.384. The fourth-order valence-electron chi connectivity index (χ4n) is 2.58. The lowest BCUT2D eigenvalue weighted by Gasteiger charge is -2.06. The molecule has 0 atom stereocenters. The summed E-state index contributed by atoms with van der Waals surface area (Å²) in [5, 5.41) is 11.0. The van der Waals surface area contributed by atoms with Crippen molar-refractivity contribution in [3.8, 4) is 0 Å². The zero-order valence-electron chi connectivity index (χ0n) is 11.2. The Balaban J connectivity index is 2.20. The zero-order valence-corrected chi connectivity index (χ0v) is 12.0. The first-order valence-corrected chi connectivity index (χ1v) is 6.82. The number of aromatic nitrogens is 1. The van der Waals surface area contributed by atoms with Gasteiger partial charge in [0.25, 0.3) is 5.69 Å². The van der Waals surface area contributed by atoms with Gasteiger partial charge < -0.3 is 0 Å². The van der Waals surface area contributed by atoms with E-state index in [0.717, 1.165) is 16.7 Å². The van der Waals surface area contributed by atoms with Crippen LogP contribution in [0.4, 0.5) is 5.69 Å². The Morgan fingerprint density at radius 2 is 1.95 bits per heavy atom. The van der Waals surface area contributed by atoms with E-state index in [-0.39, 0.29) is 16.5 Å². The molecule has 21 heavy (non-hydrogen) atoms. The van der Waals surface area contributed by atoms with Gasteiger partial charge in [0, 0.05) is 17.8 Å². The summed E-state index contributed by atoms with van der Waals surface area (Å²) in [7, 11) is 0. The Kier molecular flexibility index (Phi) is 3.22. The molecule has 0 radical (unpaired) electrons. The number of hydrogen-bond donors (Lipinski definition) is 0. The van der Waals surface area contributed by atoms with E-state index in [0.29, 0.717) is 24.1 Å². The Morgan fingerprint density at radius 3 is 2.67 bits per heavy atom. The van der Waals surface area contributed by atoms with Crippen molar-refractivity contribution in [3.05, 3.63) is 67.5 Å². The normalized spacial score (nSPS) is 13.3. The van der Waals surface area contributed by atoms with Crippen LogP contribution in [0.25, 0.3) is 0 Å². The van der Waals surface area contributed by atoms with Crippen molar-refractivity contribution in [3.63, 3.8) is 0 Å². The number of nitro groups is 1. The number of halogens is 1. The van der Waals surface area contributed by atoms with E-state index in [4.69, 9.17) is 11.6 Å². The number of fused-ring (bicyclic) bond motifs is 2. The summed E-state index contributed by atoms with van der Waals surface area (Å²) in [6.45, 7) is 1.91. The maximum atomic E-state index is 12.6. The van der Waals surface area contributed by atoms with Crippen LogP contribution in [-0.2, 0) is 12.8 Å². The van der Waals surface area contributed by atoms with Gasteiger partial charge in [0.05, 0.1) is 4.92 Å². The molecule has 0 fully saturated rings. The first kappa shape index (κ1) is 13.7. The molecule has 0 saturated heterocycles. The van der Waals surface area contributed by atoms with Crippen LogP contribution in [-0.4, -0.2) is 15.7 Å². The topological polar surface area (TPSA) is 73.1 Å². The predicted molar refractivity (Wildman–Crippen MR) is 77.9 cm³/mol. The van der Waals surface area contributed by atoms with Crippen LogP contribution in [0.5, 0.6) is 0 Å². The molecular weight excluding hydrogens is 292 g/mol. The number of hydrogen-bond acceptors (Lipinski definition) is 4. The molecule has 0 saturated carbocycles. The van der Waals surface area contributed by atoms with E-state index in [1.54, 1.807) is 6.20 Å². The monoisotopic (exact) mass is 302 g/mol. The Hall–Kier alpha value is -2.27. The van der Waals surface area contributed by atoms with Crippen molar-refractivity contribution in [1.82, 2.24) is 4.98 Å². The molecule has 0 unspecified atom stereocenters. The number of benzene rings is 1. The summed E-state index contributed by atoms with van der Waals surface area (Å²) in [6, 6.07) is 4.71. The minimum atomic E-state index is -0.579. The summed E-state index contributed by atoms with van der Waals surface area (Å²) < 4.78 is 0. The highest BCUT2D eigenvalue weighted by atomic mass is 35.5. The van der Waals surface area contributed by atoms with E-state index >= 15 is 0 Å². The first-order valence-electron chi connectivity index (χ1n) is 6.44. The third-order valence-corrected chi connectivity index (χ3v) is 3.90. The standard InChI is InChI=1S/C15H11ClN2O3/c1-8-4-10-3-2-9-5-12(16)13(18(20)21)6-11(9)15(19)14(10)17-7-8/h4-7H,2-3H2,1H3. The highest BCUT2D eigenvalue weighted by molar-refractivity contribution is 6.33. The van der Waals surface area contributed by atoms with Gasteiger partial charge in [0.1, 0.15) is 10.7 Å². The van der Waals surface area contributed by atoms with Gasteiger partial charge in [-0.25, -0.2) is 0 Å². The van der Waals surface area contributed by atoms with Crippen LogP contribution >= 0.6 is 11.6 Å². The minimum absolute atomic E-state index is 0.0571. The Morgan fingerprint density at radius 1 is 1.24 bits per heavy atom. The van der Waals surface area contributed by atoms with E-state index in [1.807, 2.05) is 13.0 Å². The summed E-state index contributed by atoms with van der Waals surface area (Å²) in [4.78, 5) is 27.2. The summed E-state index contributed by atoms with van der Waals surface area (Å²) in [5.41, 5.74) is 3.02. The van der Waals surface area contributed by atoms with Gasteiger partial charge in [0.2, 0.25) is 5.78 Å². The fourth-order valence-corrected chi connectivity index (χ4v) is 2.84. The van der Waals surface area contributed by atoms with Crippen LogP contribution in [0.3, 0.4) is 0 Å². The highest BCUT2D eigenvalue weighted by Gasteiger charge is 2.26. The van der Waals surface area contributed by atoms with E-state index in [9.17, 15) is 14.9 Å². The molecule has 1 aromatic carbocycles. The average molecular weight is 303 g/mol. The molecule has 5 nitrogen and oxygen atoms in total. The van der Waals surface area contributed by atoms with Crippen LogP contribution in [0, 0.1) is 17.0 Å². The number of carbonyl (C=O) groups excluding carboxylic acids is 1. The van der Waals surface area contributed by atoms with Gasteiger partial charge in [-0.2, -0.15) is 0 Å². The van der Waals surface area contributed by atoms with Gasteiger partial charge in [-0.3, -0.25) is 19.9 Å².